The molecule has 0 aliphatic heterocycles. The number of ether oxygens (including phenoxy) is 2. The predicted octanol–water partition coefficient (Wildman–Crippen LogP) is 3.93. The van der Waals surface area contributed by atoms with Crippen LogP contribution < -0.4 is 14.9 Å². The molecule has 0 saturated carbocycles. The molecule has 0 atom stereocenters. The molecule has 2 aromatic rings. The Kier molecular flexibility index (Phi) is 5.64. The van der Waals surface area contributed by atoms with Gasteiger partial charge in [-0.05, 0) is 48.4 Å². The van der Waals surface area contributed by atoms with Crippen LogP contribution in [0.4, 0.5) is 5.69 Å². The summed E-state index contributed by atoms with van der Waals surface area (Å²) < 4.78 is 10.7. The highest BCUT2D eigenvalue weighted by atomic mass is 16.5. The number of hydrazone groups is 1. The highest BCUT2D eigenvalue weighted by Gasteiger charge is 1.95. The van der Waals surface area contributed by atoms with Crippen LogP contribution in [0.1, 0.15) is 18.9 Å². The number of hydrogen-bond acceptors (Lipinski definition) is 4. The first-order valence-electron chi connectivity index (χ1n) is 6.98. The second-order valence-electron chi connectivity index (χ2n) is 4.52. The minimum absolute atomic E-state index is 0.727. The lowest BCUT2D eigenvalue weighted by Crippen LogP contribution is -1.96. The van der Waals surface area contributed by atoms with Gasteiger partial charge in [-0.25, -0.2) is 0 Å². The van der Waals surface area contributed by atoms with E-state index in [1.165, 1.54) is 0 Å². The average Bonchev–Trinajstić information content (AvgIpc) is 2.54. The van der Waals surface area contributed by atoms with Crippen LogP contribution in [0.25, 0.3) is 0 Å². The zero-order chi connectivity index (χ0) is 14.9. The lowest BCUT2D eigenvalue weighted by Gasteiger charge is -2.05. The van der Waals surface area contributed by atoms with Crippen LogP contribution in [0, 0.1) is 0 Å². The van der Waals surface area contributed by atoms with Crippen molar-refractivity contribution in [2.24, 2.45) is 5.10 Å². The van der Waals surface area contributed by atoms with E-state index in [0.717, 1.165) is 35.8 Å². The molecule has 0 aromatic heterocycles. The van der Waals surface area contributed by atoms with Gasteiger partial charge in [0.1, 0.15) is 11.5 Å². The SMILES string of the molecule is CCCOc1cccc(/C=N/Nc2ccc(OC)cc2)c1. The molecule has 1 N–H and O–H groups in total. The summed E-state index contributed by atoms with van der Waals surface area (Å²) in [4.78, 5) is 0. The van der Waals surface area contributed by atoms with Gasteiger partial charge in [-0.15, -0.1) is 0 Å². The molecule has 0 aliphatic carbocycles. The van der Waals surface area contributed by atoms with Crippen molar-refractivity contribution < 1.29 is 9.47 Å². The van der Waals surface area contributed by atoms with E-state index in [4.69, 9.17) is 9.47 Å². The molecule has 0 radical (unpaired) electrons. The summed E-state index contributed by atoms with van der Waals surface area (Å²) in [5.41, 5.74) is 4.88. The second kappa shape index (κ2) is 7.94. The molecule has 4 nitrogen and oxygen atoms in total. The number of rotatable bonds is 7. The van der Waals surface area contributed by atoms with Crippen LogP contribution in [0.3, 0.4) is 0 Å². The fourth-order valence-corrected chi connectivity index (χ4v) is 1.75. The molecular formula is C17H20N2O2. The van der Waals surface area contributed by atoms with Gasteiger partial charge in [0.25, 0.3) is 0 Å². The van der Waals surface area contributed by atoms with Crippen molar-refractivity contribution in [3.05, 3.63) is 54.1 Å². The molecule has 0 aliphatic rings. The van der Waals surface area contributed by atoms with Gasteiger partial charge in [0.2, 0.25) is 0 Å². The largest absolute Gasteiger partial charge is 0.497 e. The minimum atomic E-state index is 0.727. The monoisotopic (exact) mass is 284 g/mol. The van der Waals surface area contributed by atoms with Crippen LogP contribution in [-0.2, 0) is 0 Å². The Morgan fingerprint density at radius 2 is 1.90 bits per heavy atom. The lowest BCUT2D eigenvalue weighted by molar-refractivity contribution is 0.317. The molecule has 4 heteroatoms. The molecule has 0 heterocycles. The van der Waals surface area contributed by atoms with Gasteiger partial charge in [0.05, 0.1) is 25.6 Å². The lowest BCUT2D eigenvalue weighted by atomic mass is 10.2. The van der Waals surface area contributed by atoms with E-state index in [1.54, 1.807) is 13.3 Å². The third kappa shape index (κ3) is 4.84. The Balaban J connectivity index is 1.93. The number of hydrogen-bond donors (Lipinski definition) is 1. The average molecular weight is 284 g/mol. The molecule has 0 saturated heterocycles. The van der Waals surface area contributed by atoms with E-state index in [2.05, 4.69) is 17.5 Å². The van der Waals surface area contributed by atoms with E-state index >= 15 is 0 Å². The van der Waals surface area contributed by atoms with Crippen molar-refractivity contribution in [3.8, 4) is 11.5 Å². The predicted molar refractivity (Wildman–Crippen MR) is 86.4 cm³/mol. The van der Waals surface area contributed by atoms with Gasteiger partial charge >= 0.3 is 0 Å². The molecule has 0 spiro atoms. The van der Waals surface area contributed by atoms with Crippen molar-refractivity contribution >= 4 is 11.9 Å². The zero-order valence-electron chi connectivity index (χ0n) is 12.4. The third-order valence-corrected chi connectivity index (χ3v) is 2.83. The molecule has 0 bridgehead atoms. The second-order valence-corrected chi connectivity index (χ2v) is 4.52. The topological polar surface area (TPSA) is 42.8 Å². The number of benzene rings is 2. The summed E-state index contributed by atoms with van der Waals surface area (Å²) in [6.07, 6.45) is 2.76. The summed E-state index contributed by atoms with van der Waals surface area (Å²) in [5, 5.41) is 4.22. The zero-order valence-corrected chi connectivity index (χ0v) is 12.4. The summed E-state index contributed by atoms with van der Waals surface area (Å²) in [6.45, 7) is 2.81. The minimum Gasteiger partial charge on any atom is -0.497 e. The van der Waals surface area contributed by atoms with Crippen molar-refractivity contribution in [2.75, 3.05) is 19.1 Å². The molecule has 21 heavy (non-hydrogen) atoms. The van der Waals surface area contributed by atoms with Crippen LogP contribution >= 0.6 is 0 Å². The maximum Gasteiger partial charge on any atom is 0.119 e. The van der Waals surface area contributed by atoms with Crippen molar-refractivity contribution in [1.29, 1.82) is 0 Å². The van der Waals surface area contributed by atoms with E-state index in [0.29, 0.717) is 0 Å². The van der Waals surface area contributed by atoms with E-state index < -0.39 is 0 Å². The standard InChI is InChI=1S/C17H20N2O2/c1-3-11-21-17-6-4-5-14(12-17)13-18-19-15-7-9-16(20-2)10-8-15/h4-10,12-13,19H,3,11H2,1-2H3/b18-13+. The molecule has 2 aromatic carbocycles. The van der Waals surface area contributed by atoms with Crippen molar-refractivity contribution in [2.45, 2.75) is 13.3 Å². The molecule has 110 valence electrons. The Hall–Kier alpha value is -2.49. The van der Waals surface area contributed by atoms with Crippen LogP contribution in [0.2, 0.25) is 0 Å². The maximum absolute atomic E-state index is 5.59. The maximum atomic E-state index is 5.59. The first-order valence-corrected chi connectivity index (χ1v) is 6.98. The Labute approximate surface area is 125 Å². The van der Waals surface area contributed by atoms with Gasteiger partial charge in [-0.2, -0.15) is 5.10 Å². The number of methoxy groups -OCH3 is 1. The Bertz CT molecular complexity index is 580. The fourth-order valence-electron chi connectivity index (χ4n) is 1.75. The van der Waals surface area contributed by atoms with E-state index in [-0.39, 0.29) is 0 Å². The smallest absolute Gasteiger partial charge is 0.119 e. The van der Waals surface area contributed by atoms with Gasteiger partial charge in [0.15, 0.2) is 0 Å². The molecule has 0 amide bonds. The molecule has 0 unspecified atom stereocenters. The first-order chi connectivity index (χ1) is 10.3. The van der Waals surface area contributed by atoms with Crippen LogP contribution in [0.15, 0.2) is 53.6 Å². The number of nitrogens with one attached hydrogen (secondary N) is 1. The normalized spacial score (nSPS) is 10.6. The third-order valence-electron chi connectivity index (χ3n) is 2.83. The molecular weight excluding hydrogens is 264 g/mol. The number of anilines is 1. The van der Waals surface area contributed by atoms with Crippen molar-refractivity contribution in [1.82, 2.24) is 0 Å². The first kappa shape index (κ1) is 14.9. The molecule has 0 fully saturated rings. The highest BCUT2D eigenvalue weighted by molar-refractivity contribution is 5.80. The number of nitrogens with zero attached hydrogens (tertiary/aromatic N) is 1. The van der Waals surface area contributed by atoms with Gasteiger partial charge in [0, 0.05) is 0 Å². The van der Waals surface area contributed by atoms with Crippen LogP contribution in [0.5, 0.6) is 11.5 Å². The summed E-state index contributed by atoms with van der Waals surface area (Å²) in [7, 11) is 1.65. The Morgan fingerprint density at radius 3 is 2.62 bits per heavy atom. The van der Waals surface area contributed by atoms with E-state index in [1.807, 2.05) is 48.5 Å². The van der Waals surface area contributed by atoms with Gasteiger partial charge < -0.3 is 9.47 Å². The van der Waals surface area contributed by atoms with Gasteiger partial charge in [-0.3, -0.25) is 5.43 Å². The summed E-state index contributed by atoms with van der Waals surface area (Å²) in [6, 6.07) is 15.5. The highest BCUT2D eigenvalue weighted by Crippen LogP contribution is 2.15. The summed E-state index contributed by atoms with van der Waals surface area (Å²) >= 11 is 0. The summed E-state index contributed by atoms with van der Waals surface area (Å²) in [5.74, 6) is 1.69. The Morgan fingerprint density at radius 1 is 1.10 bits per heavy atom. The van der Waals surface area contributed by atoms with Gasteiger partial charge in [-0.1, -0.05) is 19.1 Å². The quantitative estimate of drug-likeness (QED) is 0.619. The van der Waals surface area contributed by atoms with E-state index in [9.17, 15) is 0 Å². The van der Waals surface area contributed by atoms with Crippen molar-refractivity contribution in [3.63, 3.8) is 0 Å². The van der Waals surface area contributed by atoms with Crippen LogP contribution in [-0.4, -0.2) is 19.9 Å². The fraction of sp³-hybridized carbons (Fsp3) is 0.235. The molecule has 2 rings (SSSR count).